The number of halogens is 1. The summed E-state index contributed by atoms with van der Waals surface area (Å²) in [6.07, 6.45) is 1.78. The second-order valence-corrected chi connectivity index (χ2v) is 6.70. The molecule has 1 fully saturated rings. The molecule has 25 heavy (non-hydrogen) atoms. The third-order valence-corrected chi connectivity index (χ3v) is 5.05. The molecule has 2 aliphatic rings. The molecule has 4 rings (SSSR count). The molecule has 0 aromatic heterocycles. The fraction of sp³-hybridized carbons (Fsp3) is 0.263. The standard InChI is InChI=1S/C19H17FN2O3/c20-12-3-6-14-16(10-12)22(18(25)19(14)7-8-19)13-4-1-11(2-5-13)9-15(21)17(23)24/h1-6,10,15H,7-9,21H2,(H,23,24). The van der Waals surface area contributed by atoms with Gasteiger partial charge in [0.05, 0.1) is 11.1 Å². The van der Waals surface area contributed by atoms with Crippen LogP contribution in [0.25, 0.3) is 0 Å². The third kappa shape index (κ3) is 2.41. The van der Waals surface area contributed by atoms with Gasteiger partial charge in [-0.25, -0.2) is 4.39 Å². The monoisotopic (exact) mass is 340 g/mol. The molecule has 1 aliphatic carbocycles. The number of carbonyl (C=O) groups excluding carboxylic acids is 1. The fourth-order valence-electron chi connectivity index (χ4n) is 3.52. The Bertz CT molecular complexity index is 875. The highest BCUT2D eigenvalue weighted by molar-refractivity contribution is 6.14. The molecule has 1 aliphatic heterocycles. The lowest BCUT2D eigenvalue weighted by molar-refractivity contribution is -0.138. The quantitative estimate of drug-likeness (QED) is 0.896. The van der Waals surface area contributed by atoms with Gasteiger partial charge < -0.3 is 10.8 Å². The van der Waals surface area contributed by atoms with E-state index in [1.54, 1.807) is 35.2 Å². The van der Waals surface area contributed by atoms with Crippen molar-refractivity contribution >= 4 is 23.3 Å². The predicted molar refractivity (Wildman–Crippen MR) is 90.2 cm³/mol. The van der Waals surface area contributed by atoms with E-state index < -0.39 is 17.4 Å². The molecule has 6 heteroatoms. The van der Waals surface area contributed by atoms with Crippen LogP contribution in [-0.4, -0.2) is 23.0 Å². The molecular weight excluding hydrogens is 323 g/mol. The van der Waals surface area contributed by atoms with Crippen molar-refractivity contribution < 1.29 is 19.1 Å². The molecule has 0 radical (unpaired) electrons. The van der Waals surface area contributed by atoms with Crippen molar-refractivity contribution in [2.75, 3.05) is 4.90 Å². The normalized spacial score (nSPS) is 18.3. The highest BCUT2D eigenvalue weighted by Crippen LogP contribution is 2.58. The Morgan fingerprint density at radius 1 is 1.24 bits per heavy atom. The lowest BCUT2D eigenvalue weighted by atomic mass is 9.98. The van der Waals surface area contributed by atoms with E-state index in [2.05, 4.69) is 0 Å². The molecule has 3 N–H and O–H groups in total. The summed E-state index contributed by atoms with van der Waals surface area (Å²) in [5, 5.41) is 8.89. The first-order valence-electron chi connectivity index (χ1n) is 8.14. The van der Waals surface area contributed by atoms with Crippen LogP contribution in [0.5, 0.6) is 0 Å². The van der Waals surface area contributed by atoms with Crippen LogP contribution >= 0.6 is 0 Å². The summed E-state index contributed by atoms with van der Waals surface area (Å²) in [6, 6.07) is 10.5. The summed E-state index contributed by atoms with van der Waals surface area (Å²) in [6.45, 7) is 0. The van der Waals surface area contributed by atoms with Crippen LogP contribution in [0.4, 0.5) is 15.8 Å². The van der Waals surface area contributed by atoms with Crippen LogP contribution in [0.15, 0.2) is 42.5 Å². The van der Waals surface area contributed by atoms with Crippen molar-refractivity contribution in [1.82, 2.24) is 0 Å². The van der Waals surface area contributed by atoms with E-state index in [1.165, 1.54) is 12.1 Å². The van der Waals surface area contributed by atoms with Crippen LogP contribution in [0.3, 0.4) is 0 Å². The number of aliphatic carboxylic acids is 1. The number of carboxylic acid groups (broad SMARTS) is 1. The molecule has 0 saturated heterocycles. The van der Waals surface area contributed by atoms with Gasteiger partial charge in [0.25, 0.3) is 0 Å². The van der Waals surface area contributed by atoms with Crippen LogP contribution in [0, 0.1) is 5.82 Å². The Hall–Kier alpha value is -2.73. The van der Waals surface area contributed by atoms with Crippen molar-refractivity contribution in [2.45, 2.75) is 30.7 Å². The number of hydrogen-bond donors (Lipinski definition) is 2. The summed E-state index contributed by atoms with van der Waals surface area (Å²) in [4.78, 5) is 25.3. The minimum absolute atomic E-state index is 0.0249. The largest absolute Gasteiger partial charge is 0.480 e. The predicted octanol–water partition coefficient (Wildman–Crippen LogP) is 2.49. The van der Waals surface area contributed by atoms with Gasteiger partial charge in [-0.3, -0.25) is 14.5 Å². The van der Waals surface area contributed by atoms with Gasteiger partial charge in [-0.2, -0.15) is 0 Å². The lowest BCUT2D eigenvalue weighted by Gasteiger charge is -2.19. The molecule has 128 valence electrons. The fourth-order valence-corrected chi connectivity index (χ4v) is 3.52. The zero-order chi connectivity index (χ0) is 17.8. The van der Waals surface area contributed by atoms with Gasteiger partial charge in [-0.15, -0.1) is 0 Å². The zero-order valence-corrected chi connectivity index (χ0v) is 13.4. The highest BCUT2D eigenvalue weighted by atomic mass is 19.1. The van der Waals surface area contributed by atoms with Gasteiger partial charge in [-0.05, 0) is 54.7 Å². The minimum atomic E-state index is -1.06. The maximum atomic E-state index is 13.7. The third-order valence-electron chi connectivity index (χ3n) is 5.05. The molecule has 2 aromatic rings. The summed E-state index contributed by atoms with van der Waals surface area (Å²) in [5.41, 5.74) is 7.95. The van der Waals surface area contributed by atoms with Crippen molar-refractivity contribution in [2.24, 2.45) is 5.73 Å². The molecule has 2 aromatic carbocycles. The molecule has 1 amide bonds. The number of carboxylic acids is 1. The summed E-state index contributed by atoms with van der Waals surface area (Å²) in [5.74, 6) is -1.46. The Morgan fingerprint density at radius 3 is 2.52 bits per heavy atom. The number of anilines is 2. The Balaban J connectivity index is 1.67. The van der Waals surface area contributed by atoms with Crippen molar-refractivity contribution in [3.8, 4) is 0 Å². The average Bonchev–Trinajstić information content (AvgIpc) is 3.34. The molecule has 1 unspecified atom stereocenters. The molecule has 1 heterocycles. The smallest absolute Gasteiger partial charge is 0.320 e. The number of fused-ring (bicyclic) bond motifs is 2. The molecular formula is C19H17FN2O3. The molecule has 1 spiro atoms. The van der Waals surface area contributed by atoms with E-state index in [4.69, 9.17) is 10.8 Å². The van der Waals surface area contributed by atoms with E-state index >= 15 is 0 Å². The molecule has 0 bridgehead atoms. The van der Waals surface area contributed by atoms with E-state index in [1.807, 2.05) is 0 Å². The van der Waals surface area contributed by atoms with E-state index in [-0.39, 0.29) is 18.1 Å². The molecule has 5 nitrogen and oxygen atoms in total. The van der Waals surface area contributed by atoms with Gasteiger partial charge in [0, 0.05) is 5.69 Å². The van der Waals surface area contributed by atoms with Crippen LogP contribution in [0.1, 0.15) is 24.0 Å². The first kappa shape index (κ1) is 15.8. The first-order chi connectivity index (χ1) is 11.9. The number of hydrogen-bond acceptors (Lipinski definition) is 3. The zero-order valence-electron chi connectivity index (χ0n) is 13.4. The van der Waals surface area contributed by atoms with Crippen LogP contribution < -0.4 is 10.6 Å². The summed E-state index contributed by atoms with van der Waals surface area (Å²) >= 11 is 0. The van der Waals surface area contributed by atoms with E-state index in [9.17, 15) is 14.0 Å². The van der Waals surface area contributed by atoms with Crippen LogP contribution in [-0.2, 0) is 21.4 Å². The van der Waals surface area contributed by atoms with Gasteiger partial charge in [0.1, 0.15) is 11.9 Å². The topological polar surface area (TPSA) is 83.6 Å². The number of nitrogens with two attached hydrogens (primary N) is 1. The lowest BCUT2D eigenvalue weighted by Crippen LogP contribution is -2.32. The number of amides is 1. The average molecular weight is 340 g/mol. The van der Waals surface area contributed by atoms with Crippen molar-refractivity contribution in [3.05, 3.63) is 59.4 Å². The summed E-state index contributed by atoms with van der Waals surface area (Å²) < 4.78 is 13.7. The van der Waals surface area contributed by atoms with Crippen molar-refractivity contribution in [1.29, 1.82) is 0 Å². The van der Waals surface area contributed by atoms with Gasteiger partial charge >= 0.3 is 5.97 Å². The molecule has 1 atom stereocenters. The molecule has 1 saturated carbocycles. The maximum absolute atomic E-state index is 13.7. The summed E-state index contributed by atoms with van der Waals surface area (Å²) in [7, 11) is 0. The van der Waals surface area contributed by atoms with Gasteiger partial charge in [0.15, 0.2) is 0 Å². The number of benzene rings is 2. The minimum Gasteiger partial charge on any atom is -0.480 e. The number of carbonyl (C=O) groups is 2. The Morgan fingerprint density at radius 2 is 1.92 bits per heavy atom. The maximum Gasteiger partial charge on any atom is 0.320 e. The number of rotatable bonds is 4. The second-order valence-electron chi connectivity index (χ2n) is 6.70. The first-order valence-corrected chi connectivity index (χ1v) is 8.14. The highest BCUT2D eigenvalue weighted by Gasteiger charge is 2.59. The van der Waals surface area contributed by atoms with Gasteiger partial charge in [-0.1, -0.05) is 18.2 Å². The van der Waals surface area contributed by atoms with Crippen LogP contribution in [0.2, 0.25) is 0 Å². The Kier molecular flexibility index (Phi) is 3.40. The Labute approximate surface area is 143 Å². The SMILES string of the molecule is NC(Cc1ccc(N2C(=O)C3(CC3)c3ccc(F)cc32)cc1)C(=O)O. The van der Waals surface area contributed by atoms with E-state index in [0.29, 0.717) is 11.4 Å². The second kappa shape index (κ2) is 5.39. The van der Waals surface area contributed by atoms with Crippen molar-refractivity contribution in [3.63, 3.8) is 0 Å². The van der Waals surface area contributed by atoms with E-state index in [0.717, 1.165) is 24.0 Å². The van der Waals surface area contributed by atoms with Gasteiger partial charge in [0.2, 0.25) is 5.91 Å². The number of nitrogens with zero attached hydrogens (tertiary/aromatic N) is 1.